The minimum absolute atomic E-state index is 0.281. The molecule has 146 valence electrons. The minimum Gasteiger partial charge on any atom is -0.493 e. The van der Waals surface area contributed by atoms with Gasteiger partial charge >= 0.3 is 0 Å². The number of H-pyrrole nitrogens is 1. The van der Waals surface area contributed by atoms with Crippen molar-refractivity contribution in [3.8, 4) is 11.5 Å². The van der Waals surface area contributed by atoms with Crippen LogP contribution in [-0.2, 0) is 0 Å². The van der Waals surface area contributed by atoms with Crippen molar-refractivity contribution in [1.82, 2.24) is 10.2 Å². The average molecular weight is 387 g/mol. The lowest BCUT2D eigenvalue weighted by Crippen LogP contribution is -2.15. The van der Waals surface area contributed by atoms with E-state index in [0.717, 1.165) is 21.7 Å². The molecule has 0 unspecified atom stereocenters. The van der Waals surface area contributed by atoms with Gasteiger partial charge in [0.05, 0.1) is 17.7 Å². The number of aromatic amines is 1. The highest BCUT2D eigenvalue weighted by Crippen LogP contribution is 2.31. The summed E-state index contributed by atoms with van der Waals surface area (Å²) < 4.78 is 11.3. The molecule has 0 aliphatic heterocycles. The normalized spacial score (nSPS) is 10.8. The fraction of sp³-hybridized carbons (Fsp3) is 0.130. The van der Waals surface area contributed by atoms with Gasteiger partial charge in [-0.1, -0.05) is 43.0 Å². The van der Waals surface area contributed by atoms with Gasteiger partial charge in [0.2, 0.25) is 0 Å². The van der Waals surface area contributed by atoms with E-state index in [1.807, 2.05) is 61.5 Å². The van der Waals surface area contributed by atoms with E-state index in [1.54, 1.807) is 6.08 Å². The van der Waals surface area contributed by atoms with Crippen molar-refractivity contribution in [2.24, 2.45) is 0 Å². The summed E-state index contributed by atoms with van der Waals surface area (Å²) in [6.07, 6.45) is 1.68. The van der Waals surface area contributed by atoms with Crippen LogP contribution >= 0.6 is 0 Å². The van der Waals surface area contributed by atoms with Crippen LogP contribution in [0.2, 0.25) is 0 Å². The van der Waals surface area contributed by atoms with Crippen molar-refractivity contribution in [2.45, 2.75) is 6.92 Å². The molecule has 0 atom stereocenters. The zero-order valence-corrected chi connectivity index (χ0v) is 16.1. The third-order valence-electron chi connectivity index (χ3n) is 4.55. The highest BCUT2D eigenvalue weighted by molar-refractivity contribution is 6.16. The van der Waals surface area contributed by atoms with E-state index < -0.39 is 0 Å². The quantitative estimate of drug-likeness (QED) is 0.441. The average Bonchev–Trinajstić information content (AvgIpc) is 3.14. The van der Waals surface area contributed by atoms with Crippen LogP contribution in [0.3, 0.4) is 0 Å². The second-order valence-corrected chi connectivity index (χ2v) is 6.43. The molecule has 1 amide bonds. The Balaban J connectivity index is 1.73. The van der Waals surface area contributed by atoms with Crippen LogP contribution in [0.5, 0.6) is 11.5 Å². The molecule has 0 aliphatic carbocycles. The number of aromatic nitrogens is 2. The molecular weight excluding hydrogens is 366 g/mol. The predicted octanol–water partition coefficient (Wildman–Crippen LogP) is 4.93. The van der Waals surface area contributed by atoms with Crippen LogP contribution in [0.4, 0.5) is 5.82 Å². The first-order valence-electron chi connectivity index (χ1n) is 9.39. The first-order valence-corrected chi connectivity index (χ1v) is 9.39. The Hall–Kier alpha value is -3.80. The van der Waals surface area contributed by atoms with Gasteiger partial charge < -0.3 is 14.8 Å². The second kappa shape index (κ2) is 8.06. The number of nitrogens with zero attached hydrogens (tertiary/aromatic N) is 1. The molecule has 0 fully saturated rings. The summed E-state index contributed by atoms with van der Waals surface area (Å²) in [6.45, 7) is 6.41. The van der Waals surface area contributed by atoms with E-state index in [4.69, 9.17) is 9.47 Å². The maximum Gasteiger partial charge on any atom is 0.261 e. The van der Waals surface area contributed by atoms with Gasteiger partial charge in [-0.15, -0.1) is 0 Å². The van der Waals surface area contributed by atoms with Gasteiger partial charge in [0.15, 0.2) is 5.82 Å². The Bertz CT molecular complexity index is 1200. The van der Waals surface area contributed by atoms with Crippen LogP contribution in [0.25, 0.3) is 21.7 Å². The zero-order chi connectivity index (χ0) is 20.2. The van der Waals surface area contributed by atoms with Crippen LogP contribution in [0.1, 0.15) is 17.3 Å². The van der Waals surface area contributed by atoms with Crippen LogP contribution in [-0.4, -0.2) is 29.3 Å². The summed E-state index contributed by atoms with van der Waals surface area (Å²) in [7, 11) is 0. The highest BCUT2D eigenvalue weighted by Gasteiger charge is 2.19. The van der Waals surface area contributed by atoms with E-state index in [0.29, 0.717) is 36.1 Å². The molecule has 0 radical (unpaired) electrons. The molecule has 0 saturated carbocycles. The van der Waals surface area contributed by atoms with Crippen LogP contribution in [0.15, 0.2) is 67.3 Å². The molecule has 1 aromatic heterocycles. The smallest absolute Gasteiger partial charge is 0.261 e. The molecule has 4 aromatic rings. The summed E-state index contributed by atoms with van der Waals surface area (Å²) >= 11 is 0. The molecule has 4 rings (SSSR count). The van der Waals surface area contributed by atoms with E-state index in [9.17, 15) is 4.79 Å². The number of hydrogen-bond donors (Lipinski definition) is 2. The molecule has 1 heterocycles. The number of carbonyl (C=O) groups excluding carboxylic acids is 1. The predicted molar refractivity (Wildman–Crippen MR) is 115 cm³/mol. The Morgan fingerprint density at radius 2 is 2.00 bits per heavy atom. The Morgan fingerprint density at radius 1 is 1.14 bits per heavy atom. The summed E-state index contributed by atoms with van der Waals surface area (Å²) in [5.41, 5.74) is 1.29. The van der Waals surface area contributed by atoms with Crippen LogP contribution < -0.4 is 14.8 Å². The van der Waals surface area contributed by atoms with Crippen molar-refractivity contribution >= 4 is 33.4 Å². The van der Waals surface area contributed by atoms with Gasteiger partial charge in [0.25, 0.3) is 5.91 Å². The third kappa shape index (κ3) is 3.65. The molecule has 6 heteroatoms. The lowest BCUT2D eigenvalue weighted by atomic mass is 10.0. The van der Waals surface area contributed by atoms with Crippen molar-refractivity contribution in [3.05, 3.63) is 72.8 Å². The topological polar surface area (TPSA) is 76.2 Å². The molecule has 0 spiro atoms. The first kappa shape index (κ1) is 18.6. The molecular formula is C23H21N3O3. The third-order valence-corrected chi connectivity index (χ3v) is 4.55. The van der Waals surface area contributed by atoms with Gasteiger partial charge in [-0.2, -0.15) is 5.10 Å². The monoisotopic (exact) mass is 387 g/mol. The maximum absolute atomic E-state index is 13.2. The number of benzene rings is 3. The fourth-order valence-electron chi connectivity index (χ4n) is 3.26. The molecule has 0 bridgehead atoms. The zero-order valence-electron chi connectivity index (χ0n) is 16.1. The van der Waals surface area contributed by atoms with Gasteiger partial charge in [-0.3, -0.25) is 9.89 Å². The Labute approximate surface area is 168 Å². The highest BCUT2D eigenvalue weighted by atomic mass is 16.5. The second-order valence-electron chi connectivity index (χ2n) is 6.43. The van der Waals surface area contributed by atoms with Crippen molar-refractivity contribution in [3.63, 3.8) is 0 Å². The van der Waals surface area contributed by atoms with Gasteiger partial charge in [0, 0.05) is 5.39 Å². The van der Waals surface area contributed by atoms with E-state index in [2.05, 4.69) is 22.1 Å². The number of nitrogens with one attached hydrogen (secondary N) is 2. The fourth-order valence-corrected chi connectivity index (χ4v) is 3.26. The van der Waals surface area contributed by atoms with Gasteiger partial charge in [-0.05, 0) is 42.0 Å². The Kier molecular flexibility index (Phi) is 5.16. The summed E-state index contributed by atoms with van der Waals surface area (Å²) in [5, 5.41) is 12.7. The number of anilines is 1. The molecule has 3 aromatic carbocycles. The summed E-state index contributed by atoms with van der Waals surface area (Å²) in [6, 6.07) is 17.0. The number of fused-ring (bicyclic) bond motifs is 2. The van der Waals surface area contributed by atoms with E-state index in [-0.39, 0.29) is 5.91 Å². The molecule has 6 nitrogen and oxygen atoms in total. The molecule has 0 aliphatic rings. The minimum atomic E-state index is -0.281. The molecule has 0 saturated heterocycles. The van der Waals surface area contributed by atoms with Crippen LogP contribution in [0, 0.1) is 0 Å². The SMILES string of the molecule is C=CCOc1ccc2[nH]nc(NC(=O)c3c(OCC)ccc4ccccc34)c2c1. The Morgan fingerprint density at radius 3 is 2.83 bits per heavy atom. The number of carbonyl (C=O) groups is 1. The standard InChI is InChI=1S/C23H21N3O3/c1-3-13-29-16-10-11-19-18(14-16)22(26-25-19)24-23(27)21-17-8-6-5-7-15(17)9-12-20(21)28-4-2/h3,5-12,14H,1,4,13H2,2H3,(H2,24,25,26,27). The number of rotatable bonds is 7. The molecule has 2 N–H and O–H groups in total. The molecule has 29 heavy (non-hydrogen) atoms. The van der Waals surface area contributed by atoms with Crippen molar-refractivity contribution < 1.29 is 14.3 Å². The van der Waals surface area contributed by atoms with Crippen molar-refractivity contribution in [1.29, 1.82) is 0 Å². The van der Waals surface area contributed by atoms with Gasteiger partial charge in [0.1, 0.15) is 18.1 Å². The summed E-state index contributed by atoms with van der Waals surface area (Å²) in [5.74, 6) is 1.37. The van der Waals surface area contributed by atoms with Gasteiger partial charge in [-0.25, -0.2) is 0 Å². The lowest BCUT2D eigenvalue weighted by Gasteiger charge is -2.13. The maximum atomic E-state index is 13.2. The lowest BCUT2D eigenvalue weighted by molar-refractivity contribution is 0.102. The first-order chi connectivity index (χ1) is 14.2. The largest absolute Gasteiger partial charge is 0.493 e. The number of ether oxygens (including phenoxy) is 2. The number of amides is 1. The number of hydrogen-bond acceptors (Lipinski definition) is 4. The van der Waals surface area contributed by atoms with E-state index >= 15 is 0 Å². The van der Waals surface area contributed by atoms with E-state index in [1.165, 1.54) is 0 Å². The van der Waals surface area contributed by atoms with Crippen molar-refractivity contribution in [2.75, 3.05) is 18.5 Å². The summed E-state index contributed by atoms with van der Waals surface area (Å²) in [4.78, 5) is 13.2.